The van der Waals surface area contributed by atoms with E-state index in [0.717, 1.165) is 35.8 Å². The molecule has 1 fully saturated rings. The molecular formula is C27H28N4O3. The Balaban J connectivity index is 1.24. The fourth-order valence-corrected chi connectivity index (χ4v) is 3.89. The van der Waals surface area contributed by atoms with Crippen molar-refractivity contribution in [2.75, 3.05) is 50.1 Å². The summed E-state index contributed by atoms with van der Waals surface area (Å²) in [5.41, 5.74) is 3.51. The molecule has 34 heavy (non-hydrogen) atoms. The Labute approximate surface area is 200 Å². The number of piperazine rings is 1. The minimum atomic E-state index is 0.0778. The van der Waals surface area contributed by atoms with Crippen molar-refractivity contribution in [3.05, 3.63) is 83.9 Å². The average molecular weight is 457 g/mol. The molecule has 0 saturated carbocycles. The quantitative estimate of drug-likeness (QED) is 0.554. The third-order valence-electron chi connectivity index (χ3n) is 5.81. The van der Waals surface area contributed by atoms with Crippen LogP contribution in [0, 0.1) is 11.3 Å². The molecular weight excluding hydrogens is 428 g/mol. The molecule has 0 bridgehead atoms. The molecule has 1 N–H and O–H groups in total. The van der Waals surface area contributed by atoms with E-state index in [1.807, 2.05) is 71.6 Å². The van der Waals surface area contributed by atoms with E-state index >= 15 is 0 Å². The van der Waals surface area contributed by atoms with Crippen LogP contribution in [0.5, 0.6) is 11.5 Å². The number of nitrogens with zero attached hydrogens (tertiary/aromatic N) is 3. The standard InChI is InChI=1S/C27H28N4O3/c1-33-25-10-8-24(9-11-25)30-12-14-31(15-13-30)27(32)19-29-23-6-3-7-26(17-23)34-20-22-5-2-4-21(16-22)18-28/h2-11,16-17,29H,12-15,19-20H2,1H3. The van der Waals surface area contributed by atoms with Crippen molar-refractivity contribution in [3.63, 3.8) is 0 Å². The molecule has 1 saturated heterocycles. The number of nitrogens with one attached hydrogen (secondary N) is 1. The van der Waals surface area contributed by atoms with Gasteiger partial charge in [0.05, 0.1) is 25.3 Å². The van der Waals surface area contributed by atoms with Crippen molar-refractivity contribution in [2.24, 2.45) is 0 Å². The van der Waals surface area contributed by atoms with Crippen LogP contribution in [0.4, 0.5) is 11.4 Å². The second kappa shape index (κ2) is 11.1. The van der Waals surface area contributed by atoms with Gasteiger partial charge in [-0.3, -0.25) is 4.79 Å². The molecule has 1 aliphatic rings. The van der Waals surface area contributed by atoms with Gasteiger partial charge in [0, 0.05) is 43.6 Å². The van der Waals surface area contributed by atoms with E-state index in [4.69, 9.17) is 14.7 Å². The van der Waals surface area contributed by atoms with Gasteiger partial charge in [0.1, 0.15) is 18.1 Å². The highest BCUT2D eigenvalue weighted by Gasteiger charge is 2.21. The Morgan fingerprint density at radius 3 is 2.47 bits per heavy atom. The number of anilines is 2. The normalized spacial score (nSPS) is 13.2. The largest absolute Gasteiger partial charge is 0.497 e. The summed E-state index contributed by atoms with van der Waals surface area (Å²) in [6, 6.07) is 25.1. The number of amides is 1. The summed E-state index contributed by atoms with van der Waals surface area (Å²) < 4.78 is 11.1. The number of carbonyl (C=O) groups excluding carboxylic acids is 1. The first kappa shape index (κ1) is 23.0. The van der Waals surface area contributed by atoms with Crippen LogP contribution in [0.1, 0.15) is 11.1 Å². The Kier molecular flexibility index (Phi) is 7.51. The lowest BCUT2D eigenvalue weighted by atomic mass is 10.1. The SMILES string of the molecule is COc1ccc(N2CCN(C(=O)CNc3cccc(OCc4cccc(C#N)c4)c3)CC2)cc1. The van der Waals surface area contributed by atoms with E-state index in [-0.39, 0.29) is 12.5 Å². The molecule has 1 aliphatic heterocycles. The van der Waals surface area contributed by atoms with Gasteiger partial charge in [-0.2, -0.15) is 5.26 Å². The summed E-state index contributed by atoms with van der Waals surface area (Å²) in [6.45, 7) is 3.59. The minimum Gasteiger partial charge on any atom is -0.497 e. The molecule has 174 valence electrons. The lowest BCUT2D eigenvalue weighted by molar-refractivity contribution is -0.129. The van der Waals surface area contributed by atoms with Crippen LogP contribution in [-0.2, 0) is 11.4 Å². The molecule has 1 heterocycles. The number of ether oxygens (including phenoxy) is 2. The Morgan fingerprint density at radius 1 is 0.971 bits per heavy atom. The molecule has 0 radical (unpaired) electrons. The average Bonchev–Trinajstić information content (AvgIpc) is 2.91. The van der Waals surface area contributed by atoms with Gasteiger partial charge in [-0.05, 0) is 54.1 Å². The van der Waals surface area contributed by atoms with E-state index in [1.54, 1.807) is 13.2 Å². The maximum atomic E-state index is 12.7. The maximum absolute atomic E-state index is 12.7. The van der Waals surface area contributed by atoms with E-state index in [9.17, 15) is 4.79 Å². The van der Waals surface area contributed by atoms with Crippen molar-refractivity contribution in [1.82, 2.24) is 4.90 Å². The van der Waals surface area contributed by atoms with Gasteiger partial charge >= 0.3 is 0 Å². The third-order valence-corrected chi connectivity index (χ3v) is 5.81. The smallest absolute Gasteiger partial charge is 0.241 e. The molecule has 0 atom stereocenters. The first-order chi connectivity index (χ1) is 16.6. The van der Waals surface area contributed by atoms with E-state index < -0.39 is 0 Å². The highest BCUT2D eigenvalue weighted by Crippen LogP contribution is 2.21. The van der Waals surface area contributed by atoms with Gasteiger partial charge in [-0.25, -0.2) is 0 Å². The Hall–Kier alpha value is -4.18. The molecule has 0 aliphatic carbocycles. The van der Waals surface area contributed by atoms with Crippen molar-refractivity contribution in [2.45, 2.75) is 6.61 Å². The van der Waals surface area contributed by atoms with Crippen LogP contribution in [0.3, 0.4) is 0 Å². The fraction of sp³-hybridized carbons (Fsp3) is 0.259. The van der Waals surface area contributed by atoms with Crippen molar-refractivity contribution in [3.8, 4) is 17.6 Å². The van der Waals surface area contributed by atoms with E-state index in [0.29, 0.717) is 31.0 Å². The predicted octanol–water partition coefficient (Wildman–Crippen LogP) is 3.91. The maximum Gasteiger partial charge on any atom is 0.241 e. The molecule has 7 heteroatoms. The summed E-state index contributed by atoms with van der Waals surface area (Å²) in [6.07, 6.45) is 0. The van der Waals surface area contributed by atoms with Crippen LogP contribution in [0.15, 0.2) is 72.8 Å². The minimum absolute atomic E-state index is 0.0778. The molecule has 0 unspecified atom stereocenters. The zero-order valence-corrected chi connectivity index (χ0v) is 19.2. The van der Waals surface area contributed by atoms with Crippen LogP contribution >= 0.6 is 0 Å². The molecule has 3 aromatic rings. The summed E-state index contributed by atoms with van der Waals surface area (Å²) in [5.74, 6) is 1.62. The number of nitriles is 1. The number of benzene rings is 3. The second-order valence-electron chi connectivity index (χ2n) is 8.05. The van der Waals surface area contributed by atoms with Gasteiger partial charge in [-0.1, -0.05) is 18.2 Å². The predicted molar refractivity (Wildman–Crippen MR) is 132 cm³/mol. The monoisotopic (exact) mass is 456 g/mol. The molecule has 4 rings (SSSR count). The molecule has 0 aromatic heterocycles. The number of rotatable bonds is 8. The topological polar surface area (TPSA) is 77.8 Å². The summed E-state index contributed by atoms with van der Waals surface area (Å²) >= 11 is 0. The summed E-state index contributed by atoms with van der Waals surface area (Å²) in [4.78, 5) is 16.9. The summed E-state index contributed by atoms with van der Waals surface area (Å²) in [5, 5.41) is 12.2. The molecule has 7 nitrogen and oxygen atoms in total. The Morgan fingerprint density at radius 2 is 1.74 bits per heavy atom. The zero-order chi connectivity index (χ0) is 23.8. The Bertz CT molecular complexity index is 1150. The van der Waals surface area contributed by atoms with Crippen molar-refractivity contribution >= 4 is 17.3 Å². The molecule has 0 spiro atoms. The highest BCUT2D eigenvalue weighted by atomic mass is 16.5. The fourth-order valence-electron chi connectivity index (χ4n) is 3.89. The van der Waals surface area contributed by atoms with Gasteiger partial charge < -0.3 is 24.6 Å². The van der Waals surface area contributed by atoms with Gasteiger partial charge in [-0.15, -0.1) is 0 Å². The zero-order valence-electron chi connectivity index (χ0n) is 19.2. The van der Waals surface area contributed by atoms with Crippen molar-refractivity contribution < 1.29 is 14.3 Å². The van der Waals surface area contributed by atoms with E-state index in [2.05, 4.69) is 16.3 Å². The third kappa shape index (κ3) is 5.99. The number of methoxy groups -OCH3 is 1. The first-order valence-corrected chi connectivity index (χ1v) is 11.3. The van der Waals surface area contributed by atoms with Gasteiger partial charge in [0.2, 0.25) is 5.91 Å². The summed E-state index contributed by atoms with van der Waals surface area (Å²) in [7, 11) is 1.66. The lowest BCUT2D eigenvalue weighted by Crippen LogP contribution is -2.50. The highest BCUT2D eigenvalue weighted by molar-refractivity contribution is 5.81. The van der Waals surface area contributed by atoms with Crippen LogP contribution in [-0.4, -0.2) is 50.6 Å². The number of carbonyl (C=O) groups is 1. The van der Waals surface area contributed by atoms with Crippen LogP contribution in [0.25, 0.3) is 0 Å². The lowest BCUT2D eigenvalue weighted by Gasteiger charge is -2.36. The van der Waals surface area contributed by atoms with Gasteiger partial charge in [0.15, 0.2) is 0 Å². The number of hydrogen-bond acceptors (Lipinski definition) is 6. The van der Waals surface area contributed by atoms with Crippen LogP contribution < -0.4 is 19.7 Å². The molecule has 3 aromatic carbocycles. The molecule has 1 amide bonds. The van der Waals surface area contributed by atoms with Crippen LogP contribution in [0.2, 0.25) is 0 Å². The first-order valence-electron chi connectivity index (χ1n) is 11.3. The van der Waals surface area contributed by atoms with E-state index in [1.165, 1.54) is 0 Å². The second-order valence-corrected chi connectivity index (χ2v) is 8.05. The van der Waals surface area contributed by atoms with Crippen molar-refractivity contribution in [1.29, 1.82) is 5.26 Å². The van der Waals surface area contributed by atoms with Gasteiger partial charge in [0.25, 0.3) is 0 Å². The number of hydrogen-bond donors (Lipinski definition) is 1.